The lowest BCUT2D eigenvalue weighted by Crippen LogP contribution is -2.48. The minimum absolute atomic E-state index is 0.0695. The Kier molecular flexibility index (Phi) is 5.28. The van der Waals surface area contributed by atoms with E-state index >= 15 is 0 Å². The Bertz CT molecular complexity index is 512. The maximum Gasteiger partial charge on any atom is 0.573 e. The molecule has 7 heteroatoms. The first-order valence-corrected chi connectivity index (χ1v) is 7.22. The highest BCUT2D eigenvalue weighted by molar-refractivity contribution is 5.79. The van der Waals surface area contributed by atoms with Gasteiger partial charge in [-0.15, -0.1) is 13.2 Å². The van der Waals surface area contributed by atoms with Crippen LogP contribution >= 0.6 is 0 Å². The number of nitrogens with zero attached hydrogens (tertiary/aromatic N) is 2. The molecule has 0 aliphatic carbocycles. The van der Waals surface area contributed by atoms with Crippen molar-refractivity contribution in [2.45, 2.75) is 19.7 Å². The van der Waals surface area contributed by atoms with Crippen LogP contribution in [0.3, 0.4) is 0 Å². The van der Waals surface area contributed by atoms with Crippen LogP contribution in [0.4, 0.5) is 13.2 Å². The zero-order valence-corrected chi connectivity index (χ0v) is 12.4. The van der Waals surface area contributed by atoms with Crippen molar-refractivity contribution >= 4 is 5.91 Å². The molecule has 0 bridgehead atoms. The number of carbonyl (C=O) groups excluding carboxylic acids is 1. The average molecular weight is 316 g/mol. The molecule has 1 saturated heterocycles. The number of piperazine rings is 1. The number of benzene rings is 1. The van der Waals surface area contributed by atoms with Crippen LogP contribution in [0.25, 0.3) is 0 Å². The van der Waals surface area contributed by atoms with Crippen molar-refractivity contribution in [1.82, 2.24) is 9.80 Å². The maximum atomic E-state index is 12.2. The SMILES string of the molecule is CCN1CCN(C(=O)Cc2cccc(OC(F)(F)F)c2)CC1. The largest absolute Gasteiger partial charge is 0.573 e. The molecular formula is C15H19F3N2O2. The summed E-state index contributed by atoms with van der Waals surface area (Å²) >= 11 is 0. The van der Waals surface area contributed by atoms with Gasteiger partial charge in [0.15, 0.2) is 0 Å². The van der Waals surface area contributed by atoms with E-state index in [0.717, 1.165) is 19.6 Å². The summed E-state index contributed by atoms with van der Waals surface area (Å²) in [5, 5.41) is 0. The summed E-state index contributed by atoms with van der Waals surface area (Å²) in [5.74, 6) is -0.367. The fraction of sp³-hybridized carbons (Fsp3) is 0.533. The molecule has 0 aromatic heterocycles. The van der Waals surface area contributed by atoms with Crippen LogP contribution in [-0.4, -0.2) is 54.8 Å². The molecule has 1 heterocycles. The number of alkyl halides is 3. The summed E-state index contributed by atoms with van der Waals surface area (Å²) in [6, 6.07) is 5.57. The standard InChI is InChI=1S/C15H19F3N2O2/c1-2-19-6-8-20(9-7-19)14(21)11-12-4-3-5-13(10-12)22-15(16,17)18/h3-5,10H,2,6-9,11H2,1H3. The molecule has 0 radical (unpaired) electrons. The minimum Gasteiger partial charge on any atom is -0.406 e. The second-order valence-electron chi connectivity index (χ2n) is 5.19. The fourth-order valence-electron chi connectivity index (χ4n) is 2.45. The molecule has 1 aliphatic rings. The molecule has 1 aromatic rings. The summed E-state index contributed by atoms with van der Waals surface area (Å²) < 4.78 is 40.5. The number of carbonyl (C=O) groups is 1. The van der Waals surface area contributed by atoms with E-state index in [1.165, 1.54) is 18.2 Å². The first-order valence-electron chi connectivity index (χ1n) is 7.22. The zero-order valence-electron chi connectivity index (χ0n) is 12.4. The van der Waals surface area contributed by atoms with Gasteiger partial charge in [-0.2, -0.15) is 0 Å². The van der Waals surface area contributed by atoms with Crippen LogP contribution in [0.15, 0.2) is 24.3 Å². The average Bonchev–Trinajstić information content (AvgIpc) is 2.46. The predicted octanol–water partition coefficient (Wildman–Crippen LogP) is 2.29. The number of rotatable bonds is 4. The molecule has 122 valence electrons. The van der Waals surface area contributed by atoms with Crippen molar-refractivity contribution in [2.24, 2.45) is 0 Å². The van der Waals surface area contributed by atoms with Crippen LogP contribution < -0.4 is 4.74 Å². The van der Waals surface area contributed by atoms with Crippen LogP contribution in [0.5, 0.6) is 5.75 Å². The van der Waals surface area contributed by atoms with E-state index in [9.17, 15) is 18.0 Å². The van der Waals surface area contributed by atoms with Crippen molar-refractivity contribution in [2.75, 3.05) is 32.7 Å². The number of hydrogen-bond acceptors (Lipinski definition) is 3. The van der Waals surface area contributed by atoms with E-state index in [-0.39, 0.29) is 18.1 Å². The van der Waals surface area contributed by atoms with Gasteiger partial charge in [-0.05, 0) is 24.2 Å². The number of ether oxygens (including phenoxy) is 1. The van der Waals surface area contributed by atoms with Gasteiger partial charge in [0.25, 0.3) is 0 Å². The van der Waals surface area contributed by atoms with Gasteiger partial charge in [0, 0.05) is 26.2 Å². The minimum atomic E-state index is -4.72. The molecule has 2 rings (SSSR count). The fourth-order valence-corrected chi connectivity index (χ4v) is 2.45. The highest BCUT2D eigenvalue weighted by atomic mass is 19.4. The zero-order chi connectivity index (χ0) is 16.2. The van der Waals surface area contributed by atoms with Gasteiger partial charge in [-0.3, -0.25) is 4.79 Å². The molecular weight excluding hydrogens is 297 g/mol. The van der Waals surface area contributed by atoms with Gasteiger partial charge in [0.2, 0.25) is 5.91 Å². The van der Waals surface area contributed by atoms with Gasteiger partial charge < -0.3 is 14.5 Å². The summed E-state index contributed by atoms with van der Waals surface area (Å²) in [6.45, 7) is 6.01. The predicted molar refractivity (Wildman–Crippen MR) is 75.5 cm³/mol. The number of halogens is 3. The van der Waals surface area contributed by atoms with Crippen molar-refractivity contribution < 1.29 is 22.7 Å². The second kappa shape index (κ2) is 7.00. The highest BCUT2D eigenvalue weighted by Crippen LogP contribution is 2.23. The van der Waals surface area contributed by atoms with Crippen LogP contribution in [0, 0.1) is 0 Å². The maximum absolute atomic E-state index is 12.2. The lowest BCUT2D eigenvalue weighted by Gasteiger charge is -2.34. The highest BCUT2D eigenvalue weighted by Gasteiger charge is 2.31. The normalized spacial score (nSPS) is 16.6. The summed E-state index contributed by atoms with van der Waals surface area (Å²) in [7, 11) is 0. The van der Waals surface area contributed by atoms with E-state index in [0.29, 0.717) is 18.7 Å². The first-order chi connectivity index (χ1) is 10.4. The Morgan fingerprint density at radius 2 is 1.91 bits per heavy atom. The Labute approximate surface area is 127 Å². The Hall–Kier alpha value is -1.76. The Morgan fingerprint density at radius 1 is 1.23 bits per heavy atom. The molecule has 1 aliphatic heterocycles. The van der Waals surface area contributed by atoms with Crippen LogP contribution in [-0.2, 0) is 11.2 Å². The number of amides is 1. The molecule has 0 spiro atoms. The smallest absolute Gasteiger partial charge is 0.406 e. The monoisotopic (exact) mass is 316 g/mol. The van der Waals surface area contributed by atoms with Gasteiger partial charge >= 0.3 is 6.36 Å². The molecule has 22 heavy (non-hydrogen) atoms. The Morgan fingerprint density at radius 3 is 2.50 bits per heavy atom. The molecule has 4 nitrogen and oxygen atoms in total. The third-order valence-electron chi connectivity index (χ3n) is 3.66. The van der Waals surface area contributed by atoms with Crippen molar-refractivity contribution in [1.29, 1.82) is 0 Å². The van der Waals surface area contributed by atoms with Crippen LogP contribution in [0.1, 0.15) is 12.5 Å². The molecule has 0 atom stereocenters. The van der Waals surface area contributed by atoms with E-state index < -0.39 is 6.36 Å². The number of hydrogen-bond donors (Lipinski definition) is 0. The molecule has 1 amide bonds. The van der Waals surface area contributed by atoms with Gasteiger partial charge in [0.1, 0.15) is 5.75 Å². The summed E-state index contributed by atoms with van der Waals surface area (Å²) in [6.07, 6.45) is -4.64. The summed E-state index contributed by atoms with van der Waals surface area (Å²) in [5.41, 5.74) is 0.518. The van der Waals surface area contributed by atoms with E-state index in [1.807, 2.05) is 0 Å². The van der Waals surface area contributed by atoms with Crippen LogP contribution in [0.2, 0.25) is 0 Å². The second-order valence-corrected chi connectivity index (χ2v) is 5.19. The number of likely N-dealkylation sites (N-methyl/N-ethyl adjacent to an activating group) is 1. The quantitative estimate of drug-likeness (QED) is 0.854. The van der Waals surface area contributed by atoms with Gasteiger partial charge in [-0.25, -0.2) is 0 Å². The van der Waals surface area contributed by atoms with E-state index in [1.54, 1.807) is 11.0 Å². The van der Waals surface area contributed by atoms with E-state index in [2.05, 4.69) is 16.6 Å². The van der Waals surface area contributed by atoms with Gasteiger partial charge in [-0.1, -0.05) is 19.1 Å². The molecule has 0 N–H and O–H groups in total. The molecule has 1 aromatic carbocycles. The third kappa shape index (κ3) is 4.91. The molecule has 0 unspecified atom stereocenters. The molecule has 0 saturated carbocycles. The lowest BCUT2D eigenvalue weighted by atomic mass is 10.1. The van der Waals surface area contributed by atoms with Crippen molar-refractivity contribution in [3.8, 4) is 5.75 Å². The van der Waals surface area contributed by atoms with Gasteiger partial charge in [0.05, 0.1) is 6.42 Å². The Balaban J connectivity index is 1.93. The van der Waals surface area contributed by atoms with Crippen molar-refractivity contribution in [3.63, 3.8) is 0 Å². The first kappa shape index (κ1) is 16.6. The van der Waals surface area contributed by atoms with E-state index in [4.69, 9.17) is 0 Å². The summed E-state index contributed by atoms with van der Waals surface area (Å²) in [4.78, 5) is 16.2. The molecule has 1 fully saturated rings. The third-order valence-corrected chi connectivity index (χ3v) is 3.66. The van der Waals surface area contributed by atoms with Crippen molar-refractivity contribution in [3.05, 3.63) is 29.8 Å². The topological polar surface area (TPSA) is 32.8 Å². The lowest BCUT2D eigenvalue weighted by molar-refractivity contribution is -0.274.